The topological polar surface area (TPSA) is 78.5 Å². The zero-order valence-electron chi connectivity index (χ0n) is 16.9. The zero-order chi connectivity index (χ0) is 21.8. The van der Waals surface area contributed by atoms with Gasteiger partial charge in [-0.3, -0.25) is 14.4 Å². The molecular weight excluding hydrogens is 417 g/mol. The van der Waals surface area contributed by atoms with Crippen molar-refractivity contribution in [3.05, 3.63) is 71.5 Å². The highest BCUT2D eigenvalue weighted by Gasteiger charge is 2.51. The van der Waals surface area contributed by atoms with E-state index in [1.807, 2.05) is 30.3 Å². The van der Waals surface area contributed by atoms with Crippen LogP contribution in [0.1, 0.15) is 17.5 Å². The Morgan fingerprint density at radius 1 is 1.13 bits per heavy atom. The van der Waals surface area contributed by atoms with E-state index < -0.39 is 23.8 Å². The van der Waals surface area contributed by atoms with Crippen molar-refractivity contribution in [2.24, 2.45) is 0 Å². The summed E-state index contributed by atoms with van der Waals surface area (Å²) in [4.78, 5) is 39.5. The van der Waals surface area contributed by atoms with Crippen LogP contribution in [0.15, 0.2) is 54.6 Å². The number of aryl methyl sites for hydroxylation is 1. The van der Waals surface area contributed by atoms with Gasteiger partial charge in [0.2, 0.25) is 17.7 Å². The van der Waals surface area contributed by atoms with E-state index in [0.29, 0.717) is 18.5 Å². The Kier molecular flexibility index (Phi) is 6.56. The van der Waals surface area contributed by atoms with Gasteiger partial charge in [0, 0.05) is 25.1 Å². The molecule has 0 aromatic heterocycles. The number of rotatable bonds is 8. The summed E-state index contributed by atoms with van der Waals surface area (Å²) in [5.41, 5.74) is 1.63. The molecule has 6 nitrogen and oxygen atoms in total. The second kappa shape index (κ2) is 9.51. The van der Waals surface area contributed by atoms with Crippen LogP contribution in [0.4, 0.5) is 4.39 Å². The van der Waals surface area contributed by atoms with Gasteiger partial charge in [-0.1, -0.05) is 42.5 Å². The van der Waals surface area contributed by atoms with Crippen LogP contribution in [-0.2, 0) is 27.2 Å². The van der Waals surface area contributed by atoms with Gasteiger partial charge >= 0.3 is 0 Å². The monoisotopic (exact) mass is 441 g/mol. The molecule has 2 aliphatic heterocycles. The van der Waals surface area contributed by atoms with E-state index >= 15 is 0 Å². The molecule has 0 aliphatic carbocycles. The Hall–Kier alpha value is -2.87. The normalized spacial score (nSPS) is 20.5. The Bertz CT molecular complexity index is 972. The van der Waals surface area contributed by atoms with Crippen molar-refractivity contribution in [3.8, 4) is 0 Å². The number of hydrogen-bond acceptors (Lipinski definition) is 4. The van der Waals surface area contributed by atoms with Crippen LogP contribution in [0.5, 0.6) is 0 Å². The molecule has 0 radical (unpaired) electrons. The molecule has 2 N–H and O–H groups in total. The highest BCUT2D eigenvalue weighted by Crippen LogP contribution is 2.35. The van der Waals surface area contributed by atoms with Gasteiger partial charge in [0.05, 0.1) is 0 Å². The van der Waals surface area contributed by atoms with Gasteiger partial charge < -0.3 is 15.5 Å². The molecule has 4 rings (SSSR count). The highest BCUT2D eigenvalue weighted by molar-refractivity contribution is 8.00. The lowest BCUT2D eigenvalue weighted by molar-refractivity contribution is -0.147. The second-order valence-electron chi connectivity index (χ2n) is 7.72. The van der Waals surface area contributed by atoms with E-state index in [9.17, 15) is 18.8 Å². The Morgan fingerprint density at radius 3 is 2.68 bits per heavy atom. The summed E-state index contributed by atoms with van der Waals surface area (Å²) in [5, 5.41) is 5.53. The lowest BCUT2D eigenvalue weighted by Crippen LogP contribution is -2.68. The van der Waals surface area contributed by atoms with Crippen molar-refractivity contribution in [2.45, 2.75) is 36.7 Å². The fourth-order valence-corrected chi connectivity index (χ4v) is 5.19. The van der Waals surface area contributed by atoms with Crippen LogP contribution in [0.3, 0.4) is 0 Å². The zero-order valence-corrected chi connectivity index (χ0v) is 17.7. The van der Waals surface area contributed by atoms with Crippen LogP contribution in [0, 0.1) is 5.82 Å². The van der Waals surface area contributed by atoms with Gasteiger partial charge in [0.1, 0.15) is 23.3 Å². The number of hydrogen-bond donors (Lipinski definition) is 2. The Labute approximate surface area is 184 Å². The molecule has 2 aromatic rings. The smallest absolute Gasteiger partial charge is 0.249 e. The number of carbonyl (C=O) groups is 3. The molecule has 31 heavy (non-hydrogen) atoms. The number of benzene rings is 2. The number of fused-ring (bicyclic) bond motifs is 1. The quantitative estimate of drug-likeness (QED) is 0.614. The molecule has 2 fully saturated rings. The van der Waals surface area contributed by atoms with Gasteiger partial charge in [-0.05, 0) is 29.7 Å². The summed E-state index contributed by atoms with van der Waals surface area (Å²) in [5.74, 6) is -0.339. The third-order valence-corrected chi connectivity index (χ3v) is 6.81. The minimum atomic E-state index is -0.890. The molecule has 3 atom stereocenters. The molecule has 0 spiro atoms. The number of nitrogens with one attached hydrogen (secondary N) is 2. The number of nitrogens with zero attached hydrogens (tertiary/aromatic N) is 1. The van der Waals surface area contributed by atoms with Crippen molar-refractivity contribution in [2.75, 3.05) is 12.3 Å². The van der Waals surface area contributed by atoms with E-state index in [2.05, 4.69) is 10.6 Å². The van der Waals surface area contributed by atoms with Crippen molar-refractivity contribution >= 4 is 29.5 Å². The molecule has 0 saturated carbocycles. The summed E-state index contributed by atoms with van der Waals surface area (Å²) in [7, 11) is 0. The first kappa shape index (κ1) is 21.4. The third kappa shape index (κ3) is 5.07. The summed E-state index contributed by atoms with van der Waals surface area (Å²) in [6.07, 6.45) is 0.921. The number of β-lactam (4-membered cyclic amide) rings is 1. The molecule has 8 heteroatoms. The molecule has 2 saturated heterocycles. The van der Waals surface area contributed by atoms with Gasteiger partial charge in [-0.2, -0.15) is 0 Å². The molecule has 2 aromatic carbocycles. The first-order chi connectivity index (χ1) is 15.0. The molecule has 0 bridgehead atoms. The second-order valence-corrected chi connectivity index (χ2v) is 8.94. The highest BCUT2D eigenvalue weighted by atomic mass is 32.2. The fourth-order valence-electron chi connectivity index (χ4n) is 3.88. The first-order valence-corrected chi connectivity index (χ1v) is 11.4. The lowest BCUT2D eigenvalue weighted by atomic mass is 10.0. The van der Waals surface area contributed by atoms with Crippen molar-refractivity contribution in [3.63, 3.8) is 0 Å². The van der Waals surface area contributed by atoms with Gasteiger partial charge in [0.25, 0.3) is 0 Å². The summed E-state index contributed by atoms with van der Waals surface area (Å²) >= 11 is 1.64. The van der Waals surface area contributed by atoms with Gasteiger partial charge in [-0.25, -0.2) is 4.39 Å². The van der Waals surface area contributed by atoms with Crippen LogP contribution < -0.4 is 10.6 Å². The Morgan fingerprint density at radius 2 is 1.90 bits per heavy atom. The van der Waals surface area contributed by atoms with Crippen molar-refractivity contribution < 1.29 is 18.8 Å². The van der Waals surface area contributed by atoms with E-state index in [1.54, 1.807) is 28.8 Å². The third-order valence-electron chi connectivity index (χ3n) is 5.52. The number of halogens is 1. The van der Waals surface area contributed by atoms with Crippen molar-refractivity contribution in [1.82, 2.24) is 15.5 Å². The minimum absolute atomic E-state index is 0.0416. The average molecular weight is 442 g/mol. The molecule has 2 aliphatic rings. The Balaban J connectivity index is 1.41. The fraction of sp³-hybridized carbons (Fsp3) is 0.348. The number of thioether (sulfide) groups is 1. The molecule has 162 valence electrons. The summed E-state index contributed by atoms with van der Waals surface area (Å²) in [6.45, 7) is 0.698. The average Bonchev–Trinajstić information content (AvgIpc) is 3.21. The molecule has 3 amide bonds. The van der Waals surface area contributed by atoms with E-state index in [4.69, 9.17) is 0 Å². The number of carbonyl (C=O) groups excluding carboxylic acids is 3. The van der Waals surface area contributed by atoms with Crippen molar-refractivity contribution in [1.29, 1.82) is 0 Å². The van der Waals surface area contributed by atoms with Crippen LogP contribution in [-0.4, -0.2) is 52.4 Å². The predicted molar refractivity (Wildman–Crippen MR) is 117 cm³/mol. The van der Waals surface area contributed by atoms with E-state index in [0.717, 1.165) is 11.3 Å². The SMILES string of the molecule is O=C(CCc1ccccc1)N[C@@H](Cc1cccc(F)c1)C(=O)N[C@@H]1C(=O)N2CCS[C@@H]12. The predicted octanol–water partition coefficient (Wildman–Crippen LogP) is 1.89. The maximum atomic E-state index is 13.6. The maximum absolute atomic E-state index is 13.6. The summed E-state index contributed by atoms with van der Waals surface area (Å²) < 4.78 is 13.6. The maximum Gasteiger partial charge on any atom is 0.249 e. The largest absolute Gasteiger partial charge is 0.344 e. The standard InChI is InChI=1S/C23H24FN3O3S/c24-17-8-4-7-16(13-17)14-18(25-19(28)10-9-15-5-2-1-3-6-15)21(29)26-20-22(30)27-11-12-31-23(20)27/h1-8,13,18,20,23H,9-12,14H2,(H,25,28)(H,26,29)/t18-,20+,23-/m0/s1. The molecule has 2 heterocycles. The first-order valence-electron chi connectivity index (χ1n) is 10.3. The summed E-state index contributed by atoms with van der Waals surface area (Å²) in [6, 6.07) is 14.1. The van der Waals surface area contributed by atoms with Crippen LogP contribution >= 0.6 is 11.8 Å². The lowest BCUT2D eigenvalue weighted by Gasteiger charge is -2.42. The molecule has 0 unspecified atom stereocenters. The molecular formula is C23H24FN3O3S. The minimum Gasteiger partial charge on any atom is -0.344 e. The van der Waals surface area contributed by atoms with Gasteiger partial charge in [-0.15, -0.1) is 11.8 Å². The van der Waals surface area contributed by atoms with E-state index in [-0.39, 0.29) is 30.0 Å². The van der Waals surface area contributed by atoms with E-state index in [1.165, 1.54) is 12.1 Å². The van der Waals surface area contributed by atoms with Crippen LogP contribution in [0.25, 0.3) is 0 Å². The van der Waals surface area contributed by atoms with Gasteiger partial charge in [0.15, 0.2) is 0 Å². The van der Waals surface area contributed by atoms with Crippen LogP contribution in [0.2, 0.25) is 0 Å². The number of amides is 3.